The Balaban J connectivity index is 1.95. The number of nitrogens with one attached hydrogen (secondary N) is 1. The monoisotopic (exact) mass is 278 g/mol. The van der Waals surface area contributed by atoms with Crippen molar-refractivity contribution in [3.8, 4) is 11.5 Å². The fraction of sp³-hybridized carbons (Fsp3) is 0.533. The second-order valence-corrected chi connectivity index (χ2v) is 5.14. The van der Waals surface area contributed by atoms with Crippen LogP contribution in [0, 0.1) is 0 Å². The number of para-hydroxylation sites is 2. The van der Waals surface area contributed by atoms with Crippen molar-refractivity contribution in [3.63, 3.8) is 0 Å². The average molecular weight is 278 g/mol. The van der Waals surface area contributed by atoms with Gasteiger partial charge in [-0.05, 0) is 32.9 Å². The minimum atomic E-state index is -0.136. The molecule has 0 saturated heterocycles. The summed E-state index contributed by atoms with van der Waals surface area (Å²) < 4.78 is 11.5. The molecule has 0 radical (unpaired) electrons. The third-order valence-corrected chi connectivity index (χ3v) is 3.07. The maximum Gasteiger partial charge on any atom is 0.317 e. The number of carbonyl (C=O) groups excluding carboxylic acids is 1. The molecule has 0 bridgehead atoms. The molecular weight excluding hydrogens is 256 g/mol. The third kappa shape index (κ3) is 3.56. The smallest absolute Gasteiger partial charge is 0.317 e. The number of fused-ring (bicyclic) bond motifs is 1. The highest BCUT2D eigenvalue weighted by atomic mass is 16.6. The first-order valence-corrected chi connectivity index (χ1v) is 7.04. The van der Waals surface area contributed by atoms with Crippen LogP contribution in [0.25, 0.3) is 0 Å². The van der Waals surface area contributed by atoms with Gasteiger partial charge in [-0.2, -0.15) is 0 Å². The lowest BCUT2D eigenvalue weighted by atomic mass is 10.2. The molecule has 20 heavy (non-hydrogen) atoms. The van der Waals surface area contributed by atoms with Crippen molar-refractivity contribution in [2.24, 2.45) is 0 Å². The number of nitrogens with zero attached hydrogens (tertiary/aromatic N) is 1. The van der Waals surface area contributed by atoms with Gasteiger partial charge in [0.2, 0.25) is 0 Å². The van der Waals surface area contributed by atoms with Crippen LogP contribution in [0.4, 0.5) is 4.79 Å². The van der Waals surface area contributed by atoms with Crippen LogP contribution in [0.2, 0.25) is 0 Å². The largest absolute Gasteiger partial charge is 0.486 e. The van der Waals surface area contributed by atoms with Gasteiger partial charge < -0.3 is 19.7 Å². The zero-order valence-corrected chi connectivity index (χ0v) is 12.3. The maximum absolute atomic E-state index is 12.0. The Kier molecular flexibility index (Phi) is 4.71. The molecule has 2 rings (SSSR count). The van der Waals surface area contributed by atoms with Crippen molar-refractivity contribution in [3.05, 3.63) is 24.3 Å². The molecule has 1 aliphatic rings. The van der Waals surface area contributed by atoms with Gasteiger partial charge in [0.15, 0.2) is 17.6 Å². The summed E-state index contributed by atoms with van der Waals surface area (Å²) in [6, 6.07) is 7.65. The number of hydrogen-bond donors (Lipinski definition) is 1. The molecule has 0 saturated carbocycles. The number of benzene rings is 1. The first kappa shape index (κ1) is 14.5. The lowest BCUT2D eigenvalue weighted by molar-refractivity contribution is 0.0673. The van der Waals surface area contributed by atoms with Crippen molar-refractivity contribution in [2.45, 2.75) is 32.9 Å². The van der Waals surface area contributed by atoms with E-state index in [9.17, 15) is 4.79 Å². The normalized spacial score (nSPS) is 16.9. The number of urea groups is 1. The van der Waals surface area contributed by atoms with Gasteiger partial charge in [-0.3, -0.25) is 0 Å². The molecule has 1 aromatic rings. The maximum atomic E-state index is 12.0. The first-order chi connectivity index (χ1) is 9.60. The van der Waals surface area contributed by atoms with Gasteiger partial charge in [0.1, 0.15) is 6.61 Å². The van der Waals surface area contributed by atoms with Gasteiger partial charge in [-0.25, -0.2) is 4.79 Å². The Hall–Kier alpha value is -1.91. The van der Waals surface area contributed by atoms with E-state index >= 15 is 0 Å². The number of rotatable bonds is 4. The van der Waals surface area contributed by atoms with E-state index < -0.39 is 0 Å². The van der Waals surface area contributed by atoms with Crippen LogP contribution in [0.15, 0.2) is 24.3 Å². The van der Waals surface area contributed by atoms with E-state index in [1.807, 2.05) is 45.0 Å². The average Bonchev–Trinajstić information content (AvgIpc) is 2.43. The van der Waals surface area contributed by atoms with Gasteiger partial charge in [0.25, 0.3) is 0 Å². The molecule has 1 aliphatic heterocycles. The fourth-order valence-electron chi connectivity index (χ4n) is 2.09. The van der Waals surface area contributed by atoms with Crippen LogP contribution < -0.4 is 14.8 Å². The molecule has 0 unspecified atom stereocenters. The van der Waals surface area contributed by atoms with Gasteiger partial charge in [0, 0.05) is 12.6 Å². The Bertz CT molecular complexity index is 462. The van der Waals surface area contributed by atoms with Crippen molar-refractivity contribution in [1.82, 2.24) is 10.2 Å². The number of ether oxygens (including phenoxy) is 2. The van der Waals surface area contributed by atoms with Crippen LogP contribution >= 0.6 is 0 Å². The number of amides is 2. The zero-order chi connectivity index (χ0) is 14.5. The van der Waals surface area contributed by atoms with E-state index in [0.717, 1.165) is 11.5 Å². The summed E-state index contributed by atoms with van der Waals surface area (Å²) in [6.07, 6.45) is -0.136. The SMILES string of the molecule is CCN(C[C@@H]1COc2ccccc2O1)C(=O)NC(C)C. The van der Waals surface area contributed by atoms with Crippen LogP contribution in [-0.2, 0) is 0 Å². The molecule has 1 aromatic carbocycles. The summed E-state index contributed by atoms with van der Waals surface area (Å²) in [6.45, 7) is 7.47. The highest BCUT2D eigenvalue weighted by molar-refractivity contribution is 5.74. The highest BCUT2D eigenvalue weighted by Gasteiger charge is 2.24. The summed E-state index contributed by atoms with van der Waals surface area (Å²) in [4.78, 5) is 13.8. The van der Waals surface area contributed by atoms with Gasteiger partial charge >= 0.3 is 6.03 Å². The Labute approximate surface area is 119 Å². The molecule has 0 aliphatic carbocycles. The molecule has 1 N–H and O–H groups in total. The molecule has 0 spiro atoms. The summed E-state index contributed by atoms with van der Waals surface area (Å²) in [5.74, 6) is 1.50. The summed E-state index contributed by atoms with van der Waals surface area (Å²) in [7, 11) is 0. The van der Waals surface area contributed by atoms with Crippen molar-refractivity contribution in [2.75, 3.05) is 19.7 Å². The Morgan fingerprint density at radius 3 is 2.75 bits per heavy atom. The lowest BCUT2D eigenvalue weighted by Gasteiger charge is -2.31. The molecule has 0 fully saturated rings. The molecule has 5 heteroatoms. The van der Waals surface area contributed by atoms with E-state index in [1.54, 1.807) is 4.90 Å². The van der Waals surface area contributed by atoms with Crippen molar-refractivity contribution < 1.29 is 14.3 Å². The molecule has 1 atom stereocenters. The fourth-order valence-corrected chi connectivity index (χ4v) is 2.09. The second kappa shape index (κ2) is 6.50. The van der Waals surface area contributed by atoms with Gasteiger partial charge in [-0.1, -0.05) is 12.1 Å². The molecule has 110 valence electrons. The summed E-state index contributed by atoms with van der Waals surface area (Å²) in [5.41, 5.74) is 0. The molecule has 0 aromatic heterocycles. The van der Waals surface area contributed by atoms with E-state index in [0.29, 0.717) is 19.7 Å². The predicted molar refractivity (Wildman–Crippen MR) is 77.3 cm³/mol. The van der Waals surface area contributed by atoms with E-state index in [4.69, 9.17) is 9.47 Å². The molecule has 5 nitrogen and oxygen atoms in total. The minimum Gasteiger partial charge on any atom is -0.486 e. The number of likely N-dealkylation sites (N-methyl/N-ethyl adjacent to an activating group) is 1. The number of carbonyl (C=O) groups is 1. The predicted octanol–water partition coefficient (Wildman–Crippen LogP) is 2.27. The second-order valence-electron chi connectivity index (χ2n) is 5.14. The van der Waals surface area contributed by atoms with Gasteiger partial charge in [0.05, 0.1) is 6.54 Å². The standard InChI is InChI=1S/C15H22N2O3/c1-4-17(15(18)16-11(2)3)9-12-10-19-13-7-5-6-8-14(13)20-12/h5-8,11-12H,4,9-10H2,1-3H3,(H,16,18)/t12-/m1/s1. The highest BCUT2D eigenvalue weighted by Crippen LogP contribution is 2.30. The van der Waals surface area contributed by atoms with Crippen molar-refractivity contribution >= 4 is 6.03 Å². The molecular formula is C15H22N2O3. The van der Waals surface area contributed by atoms with E-state index in [-0.39, 0.29) is 18.2 Å². The van der Waals surface area contributed by atoms with E-state index in [1.165, 1.54) is 0 Å². The minimum absolute atomic E-state index is 0.0649. The molecule has 2 amide bonds. The summed E-state index contributed by atoms with van der Waals surface area (Å²) in [5, 5.41) is 2.89. The van der Waals surface area contributed by atoms with E-state index in [2.05, 4.69) is 5.32 Å². The Morgan fingerprint density at radius 2 is 2.10 bits per heavy atom. The Morgan fingerprint density at radius 1 is 1.40 bits per heavy atom. The number of hydrogen-bond acceptors (Lipinski definition) is 3. The quantitative estimate of drug-likeness (QED) is 0.919. The van der Waals surface area contributed by atoms with Crippen LogP contribution in [0.5, 0.6) is 11.5 Å². The zero-order valence-electron chi connectivity index (χ0n) is 12.3. The van der Waals surface area contributed by atoms with Crippen molar-refractivity contribution in [1.29, 1.82) is 0 Å². The van der Waals surface area contributed by atoms with Crippen LogP contribution in [-0.4, -0.2) is 42.8 Å². The topological polar surface area (TPSA) is 50.8 Å². The first-order valence-electron chi connectivity index (χ1n) is 7.04. The van der Waals surface area contributed by atoms with Gasteiger partial charge in [-0.15, -0.1) is 0 Å². The third-order valence-electron chi connectivity index (χ3n) is 3.07. The van der Waals surface area contributed by atoms with Crippen LogP contribution in [0.1, 0.15) is 20.8 Å². The summed E-state index contributed by atoms with van der Waals surface area (Å²) >= 11 is 0. The molecule has 1 heterocycles. The van der Waals surface area contributed by atoms with Crippen LogP contribution in [0.3, 0.4) is 0 Å². The lowest BCUT2D eigenvalue weighted by Crippen LogP contribution is -2.48.